The molecule has 1 aliphatic heterocycles. The summed E-state index contributed by atoms with van der Waals surface area (Å²) in [4.78, 5) is 36.6. The molecule has 0 atom stereocenters. The van der Waals surface area contributed by atoms with Crippen molar-refractivity contribution in [3.63, 3.8) is 0 Å². The van der Waals surface area contributed by atoms with Crippen molar-refractivity contribution >= 4 is 17.5 Å². The van der Waals surface area contributed by atoms with Gasteiger partial charge in [-0.3, -0.25) is 19.5 Å². The topological polar surface area (TPSA) is 82.8 Å². The third-order valence-electron chi connectivity index (χ3n) is 6.77. The van der Waals surface area contributed by atoms with Gasteiger partial charge in [0.15, 0.2) is 0 Å². The van der Waals surface area contributed by atoms with E-state index in [1.54, 1.807) is 13.1 Å². The van der Waals surface area contributed by atoms with Gasteiger partial charge in [-0.05, 0) is 49.9 Å². The van der Waals surface area contributed by atoms with Crippen molar-refractivity contribution in [3.8, 4) is 0 Å². The highest BCUT2D eigenvalue weighted by Gasteiger charge is 2.23. The summed E-state index contributed by atoms with van der Waals surface area (Å²) in [6.45, 7) is 9.52. The zero-order valence-corrected chi connectivity index (χ0v) is 21.4. The van der Waals surface area contributed by atoms with Crippen LogP contribution in [0.2, 0.25) is 0 Å². The lowest BCUT2D eigenvalue weighted by atomic mass is 10.1. The average molecular weight is 490 g/mol. The Balaban J connectivity index is 1.60. The first-order valence-corrected chi connectivity index (χ1v) is 12.6. The third kappa shape index (κ3) is 6.37. The number of aryl methyl sites for hydroxylation is 2. The van der Waals surface area contributed by atoms with Crippen LogP contribution in [0.15, 0.2) is 53.3 Å². The minimum absolute atomic E-state index is 0.00640. The number of fused-ring (bicyclic) bond motifs is 1. The van der Waals surface area contributed by atoms with Crippen molar-refractivity contribution in [2.24, 2.45) is 0 Å². The predicted molar refractivity (Wildman–Crippen MR) is 138 cm³/mol. The van der Waals surface area contributed by atoms with Crippen molar-refractivity contribution < 1.29 is 14.1 Å². The van der Waals surface area contributed by atoms with E-state index in [9.17, 15) is 9.59 Å². The second kappa shape index (κ2) is 11.9. The standard InChI is InChI=1S/C28H35N5O3/c1-21-26(22(2)36-30-21)17-28(35)32-15-7-13-31(19-24-9-6-12-29-18-24)14-8-16-33(23(3)34)27-11-5-4-10-25(27)20-32/h4-6,9-12,18H,7-8,13-17,19-20H2,1-3H3. The predicted octanol–water partition coefficient (Wildman–Crippen LogP) is 3.91. The molecule has 0 bridgehead atoms. The van der Waals surface area contributed by atoms with Gasteiger partial charge in [-0.1, -0.05) is 29.4 Å². The number of rotatable bonds is 4. The third-order valence-corrected chi connectivity index (χ3v) is 6.77. The fourth-order valence-electron chi connectivity index (χ4n) is 4.83. The molecule has 0 saturated carbocycles. The van der Waals surface area contributed by atoms with E-state index in [4.69, 9.17) is 4.52 Å². The maximum atomic E-state index is 13.5. The van der Waals surface area contributed by atoms with E-state index in [0.717, 1.165) is 60.5 Å². The number of para-hydroxylation sites is 1. The zero-order valence-electron chi connectivity index (χ0n) is 21.4. The molecule has 3 aromatic rings. The molecule has 3 heterocycles. The van der Waals surface area contributed by atoms with Crippen LogP contribution in [0.4, 0.5) is 5.69 Å². The summed E-state index contributed by atoms with van der Waals surface area (Å²) in [5, 5.41) is 4.01. The normalized spacial score (nSPS) is 15.6. The molecule has 0 fully saturated rings. The van der Waals surface area contributed by atoms with Gasteiger partial charge in [0.2, 0.25) is 11.8 Å². The molecular formula is C28H35N5O3. The van der Waals surface area contributed by atoms with Crippen LogP contribution in [0.25, 0.3) is 0 Å². The summed E-state index contributed by atoms with van der Waals surface area (Å²) < 4.78 is 5.29. The van der Waals surface area contributed by atoms with Crippen LogP contribution in [0.5, 0.6) is 0 Å². The van der Waals surface area contributed by atoms with E-state index >= 15 is 0 Å². The number of anilines is 1. The number of aromatic nitrogens is 2. The molecule has 0 saturated heterocycles. The van der Waals surface area contributed by atoms with E-state index in [1.807, 2.05) is 60.2 Å². The van der Waals surface area contributed by atoms with Crippen LogP contribution >= 0.6 is 0 Å². The van der Waals surface area contributed by atoms with E-state index in [0.29, 0.717) is 25.4 Å². The van der Waals surface area contributed by atoms with Gasteiger partial charge in [0.25, 0.3) is 0 Å². The van der Waals surface area contributed by atoms with Crippen molar-refractivity contribution in [1.82, 2.24) is 19.9 Å². The largest absolute Gasteiger partial charge is 0.361 e. The summed E-state index contributed by atoms with van der Waals surface area (Å²) in [7, 11) is 0. The van der Waals surface area contributed by atoms with Gasteiger partial charge in [-0.2, -0.15) is 0 Å². The van der Waals surface area contributed by atoms with E-state index < -0.39 is 0 Å². The van der Waals surface area contributed by atoms with E-state index in [1.165, 1.54) is 0 Å². The van der Waals surface area contributed by atoms with Gasteiger partial charge >= 0.3 is 0 Å². The summed E-state index contributed by atoms with van der Waals surface area (Å²) >= 11 is 0. The lowest BCUT2D eigenvalue weighted by Crippen LogP contribution is -2.38. The van der Waals surface area contributed by atoms with Crippen LogP contribution in [-0.2, 0) is 29.1 Å². The quantitative estimate of drug-likeness (QED) is 0.553. The maximum absolute atomic E-state index is 13.5. The lowest BCUT2D eigenvalue weighted by molar-refractivity contribution is -0.131. The van der Waals surface area contributed by atoms with Gasteiger partial charge in [0.05, 0.1) is 12.1 Å². The number of nitrogens with zero attached hydrogens (tertiary/aromatic N) is 5. The summed E-state index contributed by atoms with van der Waals surface area (Å²) in [6, 6.07) is 12.0. The number of amides is 2. The summed E-state index contributed by atoms with van der Waals surface area (Å²) in [5.74, 6) is 0.720. The fourth-order valence-corrected chi connectivity index (χ4v) is 4.83. The Kier molecular flexibility index (Phi) is 8.48. The number of carbonyl (C=O) groups is 2. The molecule has 1 aromatic carbocycles. The Morgan fingerprint density at radius 2 is 1.78 bits per heavy atom. The number of pyridine rings is 1. The Hall–Kier alpha value is -3.52. The molecular weight excluding hydrogens is 454 g/mol. The first-order valence-electron chi connectivity index (χ1n) is 12.6. The monoisotopic (exact) mass is 489 g/mol. The number of carbonyl (C=O) groups excluding carboxylic acids is 2. The molecule has 190 valence electrons. The molecule has 0 N–H and O–H groups in total. The van der Waals surface area contributed by atoms with Crippen molar-refractivity contribution in [2.75, 3.05) is 31.1 Å². The Labute approximate surface area is 212 Å². The highest BCUT2D eigenvalue weighted by Crippen LogP contribution is 2.24. The average Bonchev–Trinajstić information content (AvgIpc) is 3.18. The molecule has 0 radical (unpaired) electrons. The second-order valence-electron chi connectivity index (χ2n) is 9.44. The first-order chi connectivity index (χ1) is 17.4. The molecule has 0 aliphatic carbocycles. The molecule has 8 heteroatoms. The Morgan fingerprint density at radius 1 is 1.00 bits per heavy atom. The van der Waals surface area contributed by atoms with Crippen LogP contribution < -0.4 is 4.90 Å². The summed E-state index contributed by atoms with van der Waals surface area (Å²) in [6.07, 6.45) is 5.65. The highest BCUT2D eigenvalue weighted by molar-refractivity contribution is 5.92. The lowest BCUT2D eigenvalue weighted by Gasteiger charge is -2.31. The molecule has 4 rings (SSSR count). The fraction of sp³-hybridized carbons (Fsp3) is 0.429. The van der Waals surface area contributed by atoms with Crippen molar-refractivity contribution in [3.05, 3.63) is 76.9 Å². The first kappa shape index (κ1) is 25.6. The van der Waals surface area contributed by atoms with Gasteiger partial charge in [-0.15, -0.1) is 0 Å². The second-order valence-corrected chi connectivity index (χ2v) is 9.44. The van der Waals surface area contributed by atoms with E-state index in [2.05, 4.69) is 21.1 Å². The minimum Gasteiger partial charge on any atom is -0.361 e. The van der Waals surface area contributed by atoms with E-state index in [-0.39, 0.29) is 18.2 Å². The smallest absolute Gasteiger partial charge is 0.227 e. The minimum atomic E-state index is 0.00640. The molecule has 2 aromatic heterocycles. The van der Waals surface area contributed by atoms with Gasteiger partial charge in [0.1, 0.15) is 5.76 Å². The zero-order chi connectivity index (χ0) is 25.5. The molecule has 1 aliphatic rings. The van der Waals surface area contributed by atoms with Gasteiger partial charge in [-0.25, -0.2) is 0 Å². The number of hydrogen-bond acceptors (Lipinski definition) is 6. The highest BCUT2D eigenvalue weighted by atomic mass is 16.5. The van der Waals surface area contributed by atoms with Crippen LogP contribution in [0.3, 0.4) is 0 Å². The summed E-state index contributed by atoms with van der Waals surface area (Å²) in [5.41, 5.74) is 4.61. The Bertz CT molecular complexity index is 1160. The molecule has 2 amide bonds. The van der Waals surface area contributed by atoms with Crippen LogP contribution in [-0.4, -0.2) is 57.9 Å². The molecule has 0 spiro atoms. The van der Waals surface area contributed by atoms with Crippen LogP contribution in [0, 0.1) is 13.8 Å². The number of benzene rings is 1. The molecule has 36 heavy (non-hydrogen) atoms. The SMILES string of the molecule is CC(=O)N1CCCN(Cc2cccnc2)CCCN(C(=O)Cc2c(C)noc2C)Cc2ccccc21. The van der Waals surface area contributed by atoms with Gasteiger partial charge in [0, 0.05) is 69.8 Å². The van der Waals surface area contributed by atoms with Crippen molar-refractivity contribution in [1.29, 1.82) is 0 Å². The molecule has 0 unspecified atom stereocenters. The van der Waals surface area contributed by atoms with Crippen LogP contribution in [0.1, 0.15) is 47.9 Å². The van der Waals surface area contributed by atoms with Crippen molar-refractivity contribution in [2.45, 2.75) is 53.1 Å². The Morgan fingerprint density at radius 3 is 2.47 bits per heavy atom. The maximum Gasteiger partial charge on any atom is 0.227 e. The van der Waals surface area contributed by atoms with Gasteiger partial charge < -0.3 is 14.3 Å². The number of hydrogen-bond donors (Lipinski definition) is 0. The molecule has 8 nitrogen and oxygen atoms in total.